The number of likely N-dealkylation sites (tertiary alicyclic amines) is 1. The van der Waals surface area contributed by atoms with Gasteiger partial charge in [-0.1, -0.05) is 6.07 Å². The molecule has 1 saturated carbocycles. The van der Waals surface area contributed by atoms with Gasteiger partial charge in [-0.15, -0.1) is 11.3 Å². The molecule has 1 unspecified atom stereocenters. The summed E-state index contributed by atoms with van der Waals surface area (Å²) >= 11 is 1.81. The molecule has 0 radical (unpaired) electrons. The minimum Gasteiger partial charge on any atom is -0.393 e. The first kappa shape index (κ1) is 16.5. The zero-order valence-corrected chi connectivity index (χ0v) is 14.8. The molecular weight excluding hydrogens is 324 g/mol. The van der Waals surface area contributed by atoms with Crippen molar-refractivity contribution in [3.05, 3.63) is 22.4 Å². The fourth-order valence-electron chi connectivity index (χ4n) is 4.26. The molecule has 3 aliphatic rings. The number of amides is 1. The lowest BCUT2D eigenvalue weighted by Crippen LogP contribution is -2.48. The standard InChI is InChI=1S/C18H26N2O3S/c21-15-8-14(9-15)17(22)20-5-6-23-13-18(12-20)3-4-19(11-18)10-16-2-1-7-24-16/h1-2,7,14-15,21H,3-6,8-13H2. The summed E-state index contributed by atoms with van der Waals surface area (Å²) in [4.78, 5) is 18.6. The van der Waals surface area contributed by atoms with Gasteiger partial charge >= 0.3 is 0 Å². The molecule has 1 atom stereocenters. The molecule has 4 rings (SSSR count). The highest BCUT2D eigenvalue weighted by Gasteiger charge is 2.44. The van der Waals surface area contributed by atoms with Gasteiger partial charge in [-0.25, -0.2) is 0 Å². The van der Waals surface area contributed by atoms with Crippen LogP contribution in [0.15, 0.2) is 17.5 Å². The highest BCUT2D eigenvalue weighted by molar-refractivity contribution is 7.09. The summed E-state index contributed by atoms with van der Waals surface area (Å²) in [6.45, 7) is 5.96. The van der Waals surface area contributed by atoms with Crippen LogP contribution in [0.1, 0.15) is 24.1 Å². The second kappa shape index (κ2) is 6.75. The van der Waals surface area contributed by atoms with Crippen LogP contribution in [0.3, 0.4) is 0 Å². The third kappa shape index (κ3) is 3.38. The first-order valence-electron chi connectivity index (χ1n) is 8.93. The maximum Gasteiger partial charge on any atom is 0.225 e. The van der Waals surface area contributed by atoms with E-state index in [-0.39, 0.29) is 23.3 Å². The second-order valence-electron chi connectivity index (χ2n) is 7.67. The van der Waals surface area contributed by atoms with Crippen LogP contribution in [0.4, 0.5) is 0 Å². The van der Waals surface area contributed by atoms with Gasteiger partial charge in [-0.3, -0.25) is 9.69 Å². The number of carbonyl (C=O) groups is 1. The van der Waals surface area contributed by atoms with Crippen LogP contribution in [0.25, 0.3) is 0 Å². The highest BCUT2D eigenvalue weighted by Crippen LogP contribution is 2.36. The lowest BCUT2D eigenvalue weighted by molar-refractivity contribution is -0.143. The Kier molecular flexibility index (Phi) is 4.64. The Morgan fingerprint density at radius 1 is 1.38 bits per heavy atom. The van der Waals surface area contributed by atoms with Gasteiger partial charge in [0.05, 0.1) is 19.3 Å². The molecule has 1 amide bonds. The summed E-state index contributed by atoms with van der Waals surface area (Å²) in [6, 6.07) is 4.30. The van der Waals surface area contributed by atoms with Gasteiger partial charge in [0, 0.05) is 42.4 Å². The normalized spacial score (nSPS) is 34.3. The predicted octanol–water partition coefficient (Wildman–Crippen LogP) is 1.57. The molecule has 0 aromatic carbocycles. The minimum absolute atomic E-state index is 0.0266. The number of nitrogens with zero attached hydrogens (tertiary/aromatic N) is 2. The molecule has 2 saturated heterocycles. The van der Waals surface area contributed by atoms with E-state index in [1.165, 1.54) is 4.88 Å². The van der Waals surface area contributed by atoms with Gasteiger partial charge < -0.3 is 14.7 Å². The van der Waals surface area contributed by atoms with Gasteiger partial charge in [0.1, 0.15) is 0 Å². The van der Waals surface area contributed by atoms with Crippen molar-refractivity contribution >= 4 is 17.2 Å². The van der Waals surface area contributed by atoms with Crippen molar-refractivity contribution in [2.75, 3.05) is 39.4 Å². The Balaban J connectivity index is 1.39. The zero-order valence-electron chi connectivity index (χ0n) is 14.0. The quantitative estimate of drug-likeness (QED) is 0.899. The number of hydrogen-bond acceptors (Lipinski definition) is 5. The summed E-state index contributed by atoms with van der Waals surface area (Å²) in [5, 5.41) is 11.6. The van der Waals surface area contributed by atoms with Crippen molar-refractivity contribution in [2.45, 2.75) is 31.9 Å². The molecule has 1 N–H and O–H groups in total. The summed E-state index contributed by atoms with van der Waals surface area (Å²) in [5.74, 6) is 0.251. The van der Waals surface area contributed by atoms with Gasteiger partial charge in [0.2, 0.25) is 5.91 Å². The first-order chi connectivity index (χ1) is 11.6. The Labute approximate surface area is 147 Å². The predicted molar refractivity (Wildman–Crippen MR) is 92.8 cm³/mol. The van der Waals surface area contributed by atoms with E-state index in [4.69, 9.17) is 4.74 Å². The topological polar surface area (TPSA) is 53.0 Å². The van der Waals surface area contributed by atoms with Crippen LogP contribution < -0.4 is 0 Å². The number of ether oxygens (including phenoxy) is 1. The van der Waals surface area contributed by atoms with Crippen molar-refractivity contribution in [2.24, 2.45) is 11.3 Å². The maximum absolute atomic E-state index is 12.7. The van der Waals surface area contributed by atoms with Crippen molar-refractivity contribution in [3.63, 3.8) is 0 Å². The fraction of sp³-hybridized carbons (Fsp3) is 0.722. The first-order valence-corrected chi connectivity index (χ1v) is 9.81. The number of rotatable bonds is 3. The largest absolute Gasteiger partial charge is 0.393 e. The molecule has 1 aliphatic carbocycles. The molecule has 3 fully saturated rings. The molecule has 5 nitrogen and oxygen atoms in total. The third-order valence-electron chi connectivity index (χ3n) is 5.69. The van der Waals surface area contributed by atoms with E-state index in [9.17, 15) is 9.90 Å². The smallest absolute Gasteiger partial charge is 0.225 e. The maximum atomic E-state index is 12.7. The second-order valence-corrected chi connectivity index (χ2v) is 8.71. The van der Waals surface area contributed by atoms with E-state index in [1.807, 2.05) is 16.2 Å². The van der Waals surface area contributed by atoms with E-state index >= 15 is 0 Å². The SMILES string of the molecule is O=C(C1CC(O)C1)N1CCOCC2(CCN(Cc3cccs3)C2)C1. The molecule has 24 heavy (non-hydrogen) atoms. The zero-order chi connectivity index (χ0) is 16.6. The molecular formula is C18H26N2O3S. The molecule has 1 aromatic heterocycles. The average Bonchev–Trinajstić information content (AvgIpc) is 3.12. The monoisotopic (exact) mass is 350 g/mol. The summed E-state index contributed by atoms with van der Waals surface area (Å²) in [5.41, 5.74) is 0.0752. The van der Waals surface area contributed by atoms with E-state index < -0.39 is 0 Å². The molecule has 2 aliphatic heterocycles. The Morgan fingerprint density at radius 2 is 2.25 bits per heavy atom. The van der Waals surface area contributed by atoms with E-state index in [0.717, 1.165) is 39.2 Å². The number of carbonyl (C=O) groups excluding carboxylic acids is 1. The van der Waals surface area contributed by atoms with E-state index in [0.29, 0.717) is 26.0 Å². The van der Waals surface area contributed by atoms with Crippen LogP contribution in [-0.2, 0) is 16.1 Å². The summed E-state index contributed by atoms with van der Waals surface area (Å²) in [6.07, 6.45) is 2.08. The fourth-order valence-corrected chi connectivity index (χ4v) is 5.01. The van der Waals surface area contributed by atoms with Crippen molar-refractivity contribution in [1.29, 1.82) is 0 Å². The van der Waals surface area contributed by atoms with Crippen LogP contribution in [0, 0.1) is 11.3 Å². The van der Waals surface area contributed by atoms with Gasteiger partial charge in [-0.2, -0.15) is 0 Å². The Hall–Kier alpha value is -0.950. The van der Waals surface area contributed by atoms with Gasteiger partial charge in [-0.05, 0) is 37.3 Å². The van der Waals surface area contributed by atoms with Crippen LogP contribution >= 0.6 is 11.3 Å². The van der Waals surface area contributed by atoms with E-state index in [1.54, 1.807) is 0 Å². The van der Waals surface area contributed by atoms with Crippen LogP contribution in [0.5, 0.6) is 0 Å². The Morgan fingerprint density at radius 3 is 3.00 bits per heavy atom. The van der Waals surface area contributed by atoms with Gasteiger partial charge in [0.15, 0.2) is 0 Å². The highest BCUT2D eigenvalue weighted by atomic mass is 32.1. The van der Waals surface area contributed by atoms with Crippen molar-refractivity contribution in [1.82, 2.24) is 9.80 Å². The summed E-state index contributed by atoms with van der Waals surface area (Å²) < 4.78 is 5.88. The average molecular weight is 350 g/mol. The minimum atomic E-state index is -0.274. The Bertz CT molecular complexity index is 573. The number of hydrogen-bond donors (Lipinski definition) is 1. The lowest BCUT2D eigenvalue weighted by Gasteiger charge is -2.37. The van der Waals surface area contributed by atoms with Crippen LogP contribution in [-0.4, -0.2) is 66.3 Å². The lowest BCUT2D eigenvalue weighted by atomic mass is 9.80. The molecule has 132 valence electrons. The molecule has 0 bridgehead atoms. The molecule has 1 spiro atoms. The van der Waals surface area contributed by atoms with Crippen molar-refractivity contribution < 1.29 is 14.6 Å². The third-order valence-corrected chi connectivity index (χ3v) is 6.55. The summed E-state index contributed by atoms with van der Waals surface area (Å²) in [7, 11) is 0. The van der Waals surface area contributed by atoms with E-state index in [2.05, 4.69) is 22.4 Å². The van der Waals surface area contributed by atoms with Crippen LogP contribution in [0.2, 0.25) is 0 Å². The molecule has 1 aromatic rings. The number of thiophene rings is 1. The molecule has 3 heterocycles. The number of aliphatic hydroxyl groups is 1. The van der Waals surface area contributed by atoms with Gasteiger partial charge in [0.25, 0.3) is 0 Å². The molecule has 6 heteroatoms. The number of aliphatic hydroxyl groups excluding tert-OH is 1. The van der Waals surface area contributed by atoms with Crippen molar-refractivity contribution in [3.8, 4) is 0 Å².